The number of aromatic nitrogens is 12. The summed E-state index contributed by atoms with van der Waals surface area (Å²) in [5, 5.41) is 0. The number of benzene rings is 9. The van der Waals surface area contributed by atoms with Crippen LogP contribution < -0.4 is 0 Å². The van der Waals surface area contributed by atoms with Crippen LogP contribution in [-0.4, -0.2) is 57.8 Å². The highest BCUT2D eigenvalue weighted by atomic mass is 15.3. The number of para-hydroxylation sites is 6. The second kappa shape index (κ2) is 16.6. The van der Waals surface area contributed by atoms with E-state index in [1.165, 1.54) is 0 Å². The number of rotatable bonds is 8. The van der Waals surface area contributed by atoms with Crippen molar-refractivity contribution in [3.05, 3.63) is 231 Å². The van der Waals surface area contributed by atoms with E-state index < -0.39 is 0 Å². The Morgan fingerprint density at radius 2 is 0.581 bits per heavy atom. The molecule has 0 aliphatic rings. The van der Waals surface area contributed by atoms with Crippen molar-refractivity contribution in [2.24, 2.45) is 0 Å². The first-order valence-corrected chi connectivity index (χ1v) is 24.4. The molecule has 346 valence electrons. The van der Waals surface area contributed by atoms with Crippen LogP contribution in [0.3, 0.4) is 0 Å². The van der Waals surface area contributed by atoms with Crippen LogP contribution in [0.1, 0.15) is 0 Å². The Labute approximate surface area is 421 Å². The van der Waals surface area contributed by atoms with Crippen LogP contribution in [-0.2, 0) is 0 Å². The maximum absolute atomic E-state index is 5.43. The summed E-state index contributed by atoms with van der Waals surface area (Å²) >= 11 is 0. The lowest BCUT2D eigenvalue weighted by Crippen LogP contribution is -2.07. The Morgan fingerprint density at radius 1 is 0.230 bits per heavy atom. The number of imidazole rings is 4. The van der Waals surface area contributed by atoms with Crippen LogP contribution in [0.15, 0.2) is 231 Å². The molecule has 74 heavy (non-hydrogen) atoms. The van der Waals surface area contributed by atoms with E-state index in [4.69, 9.17) is 39.9 Å². The number of hydrogen-bond acceptors (Lipinski definition) is 8. The molecule has 0 N–H and O–H groups in total. The lowest BCUT2D eigenvalue weighted by molar-refractivity contribution is 0.937. The van der Waals surface area contributed by atoms with Gasteiger partial charge in [0.1, 0.15) is 0 Å². The van der Waals surface area contributed by atoms with Gasteiger partial charge in [0.15, 0.2) is 23.3 Å². The average molecular weight is 951 g/mol. The molecule has 0 unspecified atom stereocenters. The smallest absolute Gasteiger partial charge is 0.241 e. The zero-order chi connectivity index (χ0) is 48.7. The van der Waals surface area contributed by atoms with Gasteiger partial charge in [0.05, 0.1) is 44.1 Å². The highest BCUT2D eigenvalue weighted by molar-refractivity contribution is 6.06. The normalized spacial score (nSPS) is 11.8. The standard InChI is InChI=1S/C62H38N12/c1-5-21-39(22-6-1)55-65-56(40-23-7-2-8-24-40)68-59(67-55)73-51-37-18-17-36-50(51)72-53-45(31-19-34-48(53)64-62(72)73)43-29-13-14-30-44(43)46-32-20-38-52-54(46)71-49-35-16-15-33-47(49)63-61(71)74(52)60-69-57(41-25-9-3-10-26-41)66-58(70-60)42-27-11-4-12-28-42/h1-38H. The van der Waals surface area contributed by atoms with Crippen LogP contribution in [0.5, 0.6) is 0 Å². The van der Waals surface area contributed by atoms with Crippen LogP contribution >= 0.6 is 0 Å². The van der Waals surface area contributed by atoms with Gasteiger partial charge in [-0.15, -0.1) is 0 Å². The Morgan fingerprint density at radius 3 is 1.11 bits per heavy atom. The summed E-state index contributed by atoms with van der Waals surface area (Å²) in [7, 11) is 0. The molecule has 0 aliphatic heterocycles. The molecule has 0 atom stereocenters. The van der Waals surface area contributed by atoms with Crippen molar-refractivity contribution >= 4 is 55.7 Å². The topological polar surface area (TPSA) is 122 Å². The Bertz CT molecular complexity index is 4540. The average Bonchev–Trinajstić information content (AvgIpc) is 4.25. The zero-order valence-electron chi connectivity index (χ0n) is 39.3. The summed E-state index contributed by atoms with van der Waals surface area (Å²) in [6.07, 6.45) is 0. The molecule has 15 aromatic rings. The molecular formula is C62H38N12. The molecule has 15 rings (SSSR count). The van der Waals surface area contributed by atoms with E-state index in [0.717, 1.165) is 88.6 Å². The van der Waals surface area contributed by atoms with Gasteiger partial charge in [0, 0.05) is 33.4 Å². The van der Waals surface area contributed by atoms with Gasteiger partial charge in [-0.25, -0.2) is 29.1 Å². The van der Waals surface area contributed by atoms with E-state index in [9.17, 15) is 0 Å². The first kappa shape index (κ1) is 41.3. The summed E-state index contributed by atoms with van der Waals surface area (Å²) < 4.78 is 8.63. The van der Waals surface area contributed by atoms with E-state index >= 15 is 0 Å². The quantitative estimate of drug-likeness (QED) is 0.148. The van der Waals surface area contributed by atoms with E-state index in [1.54, 1.807) is 0 Å². The number of fused-ring (bicyclic) bond motifs is 10. The molecule has 0 fully saturated rings. The van der Waals surface area contributed by atoms with Gasteiger partial charge in [-0.1, -0.05) is 194 Å². The third-order valence-corrected chi connectivity index (χ3v) is 13.7. The molecule has 6 heterocycles. The van der Waals surface area contributed by atoms with Gasteiger partial charge < -0.3 is 0 Å². The molecule has 0 spiro atoms. The Hall–Kier alpha value is -10.5. The van der Waals surface area contributed by atoms with Gasteiger partial charge in [-0.3, -0.25) is 8.80 Å². The van der Waals surface area contributed by atoms with Crippen LogP contribution in [0, 0.1) is 0 Å². The maximum atomic E-state index is 5.43. The van der Waals surface area contributed by atoms with E-state index in [1.807, 2.05) is 133 Å². The van der Waals surface area contributed by atoms with Crippen molar-refractivity contribution in [3.8, 4) is 79.7 Å². The highest BCUT2D eigenvalue weighted by Gasteiger charge is 2.27. The lowest BCUT2D eigenvalue weighted by atomic mass is 9.93. The molecule has 9 aromatic carbocycles. The lowest BCUT2D eigenvalue weighted by Gasteiger charge is -2.13. The monoisotopic (exact) mass is 950 g/mol. The molecule has 6 aromatic heterocycles. The van der Waals surface area contributed by atoms with Crippen molar-refractivity contribution in [1.82, 2.24) is 57.8 Å². The predicted octanol–water partition coefficient (Wildman–Crippen LogP) is 13.5. The van der Waals surface area contributed by atoms with E-state index in [-0.39, 0.29) is 0 Å². The number of nitrogens with zero attached hydrogens (tertiary/aromatic N) is 12. The van der Waals surface area contributed by atoms with Gasteiger partial charge in [0.25, 0.3) is 0 Å². The Balaban J connectivity index is 0.975. The van der Waals surface area contributed by atoms with Crippen molar-refractivity contribution in [3.63, 3.8) is 0 Å². The molecule has 0 saturated carbocycles. The van der Waals surface area contributed by atoms with Gasteiger partial charge in [-0.2, -0.15) is 19.9 Å². The molecule has 0 saturated heterocycles. The zero-order valence-corrected chi connectivity index (χ0v) is 39.3. The molecule has 0 radical (unpaired) electrons. The van der Waals surface area contributed by atoms with Crippen molar-refractivity contribution < 1.29 is 0 Å². The summed E-state index contributed by atoms with van der Waals surface area (Å²) in [4.78, 5) is 41.6. The fourth-order valence-electron chi connectivity index (χ4n) is 10.5. The molecule has 0 bridgehead atoms. The minimum absolute atomic E-state index is 0.464. The first-order chi connectivity index (χ1) is 36.7. The summed E-state index contributed by atoms with van der Waals surface area (Å²) in [5.74, 6) is 4.58. The Kier molecular flexibility index (Phi) is 9.26. The molecule has 0 aliphatic carbocycles. The van der Waals surface area contributed by atoms with Crippen LogP contribution in [0.25, 0.3) is 135 Å². The van der Waals surface area contributed by atoms with Crippen molar-refractivity contribution in [2.75, 3.05) is 0 Å². The highest BCUT2D eigenvalue weighted by Crippen LogP contribution is 2.43. The second-order valence-corrected chi connectivity index (χ2v) is 18.1. The second-order valence-electron chi connectivity index (χ2n) is 18.1. The van der Waals surface area contributed by atoms with E-state index in [2.05, 4.69) is 115 Å². The van der Waals surface area contributed by atoms with Crippen LogP contribution in [0.2, 0.25) is 0 Å². The van der Waals surface area contributed by atoms with Crippen LogP contribution in [0.4, 0.5) is 0 Å². The SMILES string of the molecule is c1ccc(-c2nc(-c3ccccc3)nc(-n3c4ccccc4n4c5c(-c6ccccc6-c6cccc7c6n6c8ccccc8nc6n7-c6nc(-c7ccccc7)nc(-c7ccccc7)n6)cccc5nc34)n2)cc1. The van der Waals surface area contributed by atoms with Gasteiger partial charge >= 0.3 is 0 Å². The van der Waals surface area contributed by atoms with Gasteiger partial charge in [-0.05, 0) is 47.5 Å². The van der Waals surface area contributed by atoms with Crippen molar-refractivity contribution in [1.29, 1.82) is 0 Å². The molecule has 12 nitrogen and oxygen atoms in total. The minimum atomic E-state index is 0.464. The fraction of sp³-hybridized carbons (Fsp3) is 0. The van der Waals surface area contributed by atoms with Crippen molar-refractivity contribution in [2.45, 2.75) is 0 Å². The summed E-state index contributed by atoms with van der Waals surface area (Å²) in [6, 6.07) is 78.2. The third kappa shape index (κ3) is 6.48. The maximum Gasteiger partial charge on any atom is 0.241 e. The summed E-state index contributed by atoms with van der Waals surface area (Å²) in [5.41, 5.74) is 15.0. The third-order valence-electron chi connectivity index (χ3n) is 13.7. The molecule has 0 amide bonds. The molecule has 12 heteroatoms. The fourth-order valence-corrected chi connectivity index (χ4v) is 10.5. The summed E-state index contributed by atoms with van der Waals surface area (Å²) in [6.45, 7) is 0. The largest absolute Gasteiger partial charge is 0.275 e. The minimum Gasteiger partial charge on any atom is -0.275 e. The number of hydrogen-bond donors (Lipinski definition) is 0. The predicted molar refractivity (Wildman–Crippen MR) is 292 cm³/mol. The first-order valence-electron chi connectivity index (χ1n) is 24.4. The van der Waals surface area contributed by atoms with Gasteiger partial charge in [0.2, 0.25) is 23.5 Å². The molecular weight excluding hydrogens is 913 g/mol. The van der Waals surface area contributed by atoms with E-state index in [0.29, 0.717) is 46.7 Å².